The third-order valence-corrected chi connectivity index (χ3v) is 4.63. The van der Waals surface area contributed by atoms with Gasteiger partial charge in [0.25, 0.3) is 5.56 Å². The fourth-order valence-electron chi connectivity index (χ4n) is 2.14. The Bertz CT molecular complexity index is 808. The second-order valence-corrected chi connectivity index (χ2v) is 6.03. The Labute approximate surface area is 136 Å². The first-order valence-corrected chi connectivity index (χ1v) is 7.99. The highest BCUT2D eigenvalue weighted by Crippen LogP contribution is 2.27. The van der Waals surface area contributed by atoms with E-state index in [2.05, 4.69) is 4.98 Å². The van der Waals surface area contributed by atoms with Gasteiger partial charge in [-0.3, -0.25) is 9.36 Å². The summed E-state index contributed by atoms with van der Waals surface area (Å²) in [5, 5.41) is 0.327. The molecule has 0 amide bonds. The molecule has 0 saturated heterocycles. The maximum Gasteiger partial charge on any atom is 0.348 e. The van der Waals surface area contributed by atoms with Crippen LogP contribution in [0.2, 0.25) is 0 Å². The zero-order chi connectivity index (χ0) is 17.1. The number of thiophene rings is 1. The van der Waals surface area contributed by atoms with Gasteiger partial charge in [-0.2, -0.15) is 0 Å². The van der Waals surface area contributed by atoms with E-state index in [1.165, 1.54) is 18.0 Å². The molecule has 23 heavy (non-hydrogen) atoms. The minimum atomic E-state index is -0.785. The van der Waals surface area contributed by atoms with Crippen LogP contribution in [0.5, 0.6) is 0 Å². The summed E-state index contributed by atoms with van der Waals surface area (Å²) in [5.74, 6) is -0.997. The predicted molar refractivity (Wildman–Crippen MR) is 85.9 cm³/mol. The maximum absolute atomic E-state index is 12.7. The number of aryl methyl sites for hydroxylation is 1. The number of carbonyl (C=O) groups is 2. The summed E-state index contributed by atoms with van der Waals surface area (Å²) in [5.41, 5.74) is 0.137. The van der Waals surface area contributed by atoms with Gasteiger partial charge in [0.05, 0.1) is 25.4 Å². The van der Waals surface area contributed by atoms with Gasteiger partial charge in [-0.15, -0.1) is 11.3 Å². The van der Waals surface area contributed by atoms with Crippen molar-refractivity contribution in [2.75, 3.05) is 13.7 Å². The molecule has 2 aromatic rings. The lowest BCUT2D eigenvalue weighted by molar-refractivity contribution is -0.147. The highest BCUT2D eigenvalue weighted by Gasteiger charge is 2.23. The first-order chi connectivity index (χ1) is 10.9. The Kier molecular flexibility index (Phi) is 5.15. The Morgan fingerprint density at radius 2 is 2.13 bits per heavy atom. The number of hydrogen-bond acceptors (Lipinski definition) is 7. The van der Waals surface area contributed by atoms with E-state index < -0.39 is 18.0 Å². The highest BCUT2D eigenvalue weighted by atomic mass is 32.1. The Morgan fingerprint density at radius 1 is 1.43 bits per heavy atom. The molecule has 0 aliphatic carbocycles. The summed E-state index contributed by atoms with van der Waals surface area (Å²) in [6.07, 6.45) is 2.01. The van der Waals surface area contributed by atoms with Crippen LogP contribution < -0.4 is 5.56 Å². The van der Waals surface area contributed by atoms with Crippen LogP contribution in [-0.4, -0.2) is 35.2 Å². The van der Waals surface area contributed by atoms with Crippen LogP contribution in [0.15, 0.2) is 11.1 Å². The molecule has 0 aliphatic heterocycles. The van der Waals surface area contributed by atoms with Crippen LogP contribution in [0, 0.1) is 6.92 Å². The number of aromatic nitrogens is 2. The molecule has 0 saturated carbocycles. The zero-order valence-electron chi connectivity index (χ0n) is 13.4. The highest BCUT2D eigenvalue weighted by molar-refractivity contribution is 7.20. The topological polar surface area (TPSA) is 87.5 Å². The van der Waals surface area contributed by atoms with Gasteiger partial charge in [-0.1, -0.05) is 6.92 Å². The number of nitrogens with zero attached hydrogens (tertiary/aromatic N) is 2. The summed E-state index contributed by atoms with van der Waals surface area (Å²) in [4.78, 5) is 41.3. The molecule has 2 aromatic heterocycles. The van der Waals surface area contributed by atoms with E-state index in [0.717, 1.165) is 11.3 Å². The monoisotopic (exact) mass is 338 g/mol. The number of methoxy groups -OCH3 is 1. The summed E-state index contributed by atoms with van der Waals surface area (Å²) in [6, 6.07) is -0.785. The van der Waals surface area contributed by atoms with E-state index in [-0.39, 0.29) is 5.56 Å². The van der Waals surface area contributed by atoms with Crippen LogP contribution in [0.3, 0.4) is 0 Å². The second-order valence-electron chi connectivity index (χ2n) is 5.03. The van der Waals surface area contributed by atoms with E-state index in [1.807, 2.05) is 6.92 Å². The van der Waals surface area contributed by atoms with Crippen molar-refractivity contribution in [3.8, 4) is 0 Å². The molecule has 0 aromatic carbocycles. The molecular formula is C15H18N2O5S. The van der Waals surface area contributed by atoms with Crippen LogP contribution in [0.25, 0.3) is 10.2 Å². The quantitative estimate of drug-likeness (QED) is 0.776. The number of hydrogen-bond donors (Lipinski definition) is 0. The molecule has 1 unspecified atom stereocenters. The molecule has 0 bridgehead atoms. The third-order valence-electron chi connectivity index (χ3n) is 3.45. The van der Waals surface area contributed by atoms with Gasteiger partial charge < -0.3 is 9.47 Å². The van der Waals surface area contributed by atoms with Crippen molar-refractivity contribution in [2.45, 2.75) is 33.2 Å². The SMILES string of the molecule is CCCOC(=O)C(C)n1cnc2sc(C(=O)OC)c(C)c2c1=O. The third kappa shape index (κ3) is 3.12. The van der Waals surface area contributed by atoms with Gasteiger partial charge in [0, 0.05) is 0 Å². The first kappa shape index (κ1) is 17.1. The lowest BCUT2D eigenvalue weighted by atomic mass is 10.2. The fraction of sp³-hybridized carbons (Fsp3) is 0.467. The van der Waals surface area contributed by atoms with Crippen LogP contribution in [0.1, 0.15) is 41.5 Å². The number of fused-ring (bicyclic) bond motifs is 1. The second kappa shape index (κ2) is 6.91. The van der Waals surface area contributed by atoms with Crippen LogP contribution >= 0.6 is 11.3 Å². The average Bonchev–Trinajstić information content (AvgIpc) is 2.89. The Hall–Kier alpha value is -2.22. The lowest BCUT2D eigenvalue weighted by Crippen LogP contribution is -2.29. The standard InChI is InChI=1S/C15H18N2O5S/c1-5-6-22-14(19)9(3)17-7-16-12-10(13(17)18)8(2)11(23-12)15(20)21-4/h7,9H,5-6H2,1-4H3. The van der Waals surface area contributed by atoms with Crippen molar-refractivity contribution in [1.82, 2.24) is 9.55 Å². The largest absolute Gasteiger partial charge is 0.465 e. The molecular weight excluding hydrogens is 320 g/mol. The number of ether oxygens (including phenoxy) is 2. The lowest BCUT2D eigenvalue weighted by Gasteiger charge is -2.13. The minimum absolute atomic E-state index is 0.303. The van der Waals surface area contributed by atoms with Crippen molar-refractivity contribution in [3.05, 3.63) is 27.1 Å². The van der Waals surface area contributed by atoms with Crippen molar-refractivity contribution in [2.24, 2.45) is 0 Å². The molecule has 7 nitrogen and oxygen atoms in total. The van der Waals surface area contributed by atoms with Gasteiger partial charge in [0.2, 0.25) is 0 Å². The molecule has 0 radical (unpaired) electrons. The summed E-state index contributed by atoms with van der Waals surface area (Å²) in [7, 11) is 1.28. The molecule has 0 fully saturated rings. The van der Waals surface area contributed by atoms with E-state index >= 15 is 0 Å². The van der Waals surface area contributed by atoms with Gasteiger partial charge in [0.1, 0.15) is 15.7 Å². The predicted octanol–water partition coefficient (Wildman–Crippen LogP) is 2.07. The van der Waals surface area contributed by atoms with E-state index in [4.69, 9.17) is 9.47 Å². The van der Waals surface area contributed by atoms with E-state index in [0.29, 0.717) is 33.7 Å². The van der Waals surface area contributed by atoms with Crippen molar-refractivity contribution in [3.63, 3.8) is 0 Å². The Morgan fingerprint density at radius 3 is 2.74 bits per heavy atom. The molecule has 0 aliphatic rings. The van der Waals surface area contributed by atoms with Crippen molar-refractivity contribution < 1.29 is 19.1 Å². The molecule has 8 heteroatoms. The van der Waals surface area contributed by atoms with E-state index in [1.54, 1.807) is 13.8 Å². The molecule has 1 atom stereocenters. The molecule has 124 valence electrons. The average molecular weight is 338 g/mol. The molecule has 2 rings (SSSR count). The van der Waals surface area contributed by atoms with Gasteiger partial charge >= 0.3 is 11.9 Å². The van der Waals surface area contributed by atoms with Crippen molar-refractivity contribution in [1.29, 1.82) is 0 Å². The summed E-state index contributed by atoms with van der Waals surface area (Å²) >= 11 is 1.10. The maximum atomic E-state index is 12.7. The number of esters is 2. The van der Waals surface area contributed by atoms with Gasteiger partial charge in [-0.05, 0) is 25.8 Å². The van der Waals surface area contributed by atoms with E-state index in [9.17, 15) is 14.4 Å². The normalized spacial score (nSPS) is 12.2. The zero-order valence-corrected chi connectivity index (χ0v) is 14.2. The van der Waals surface area contributed by atoms with Crippen LogP contribution in [-0.2, 0) is 14.3 Å². The summed E-state index contributed by atoms with van der Waals surface area (Å²) < 4.78 is 11.0. The first-order valence-electron chi connectivity index (χ1n) is 7.17. The molecule has 2 heterocycles. The fourth-order valence-corrected chi connectivity index (χ4v) is 3.19. The minimum Gasteiger partial charge on any atom is -0.465 e. The molecule has 0 spiro atoms. The molecule has 0 N–H and O–H groups in total. The van der Waals surface area contributed by atoms with Crippen LogP contribution in [0.4, 0.5) is 0 Å². The van der Waals surface area contributed by atoms with Gasteiger partial charge in [0.15, 0.2) is 0 Å². The van der Waals surface area contributed by atoms with Crippen molar-refractivity contribution >= 4 is 33.5 Å². The van der Waals surface area contributed by atoms with Gasteiger partial charge in [-0.25, -0.2) is 14.6 Å². The summed E-state index contributed by atoms with van der Waals surface area (Å²) in [6.45, 7) is 5.44. The number of carbonyl (C=O) groups excluding carboxylic acids is 2. The smallest absolute Gasteiger partial charge is 0.348 e. The Balaban J connectivity index is 2.50. The number of rotatable bonds is 5.